The van der Waals surface area contributed by atoms with Gasteiger partial charge in [-0.05, 0) is 57.1 Å². The van der Waals surface area contributed by atoms with Crippen LogP contribution in [0.25, 0.3) is 11.1 Å². The summed E-state index contributed by atoms with van der Waals surface area (Å²) in [5.74, 6) is -0.747. The van der Waals surface area contributed by atoms with E-state index in [1.54, 1.807) is 19.4 Å². The number of amides is 1. The molecule has 10 heteroatoms. The van der Waals surface area contributed by atoms with Gasteiger partial charge in [-0.3, -0.25) is 9.36 Å². The van der Waals surface area contributed by atoms with Crippen molar-refractivity contribution in [3.8, 4) is 16.9 Å². The summed E-state index contributed by atoms with van der Waals surface area (Å²) in [5.41, 5.74) is 5.66. The second-order valence-corrected chi connectivity index (χ2v) is 13.3. The Hall–Kier alpha value is -6.68. The van der Waals surface area contributed by atoms with Crippen LogP contribution in [0.15, 0.2) is 151 Å². The summed E-state index contributed by atoms with van der Waals surface area (Å²) in [6.07, 6.45) is 0.654. The van der Waals surface area contributed by atoms with Gasteiger partial charge < -0.3 is 25.2 Å². The van der Waals surface area contributed by atoms with Crippen LogP contribution in [0.5, 0.6) is 5.75 Å². The first-order chi connectivity index (χ1) is 26.4. The summed E-state index contributed by atoms with van der Waals surface area (Å²) in [5, 5.41) is 16.0. The molecule has 272 valence electrons. The average Bonchev–Trinajstić information content (AvgIpc) is 3.53. The number of carbonyl (C=O) groups excluding carboxylic acids is 1. The Morgan fingerprint density at radius 3 is 1.89 bits per heavy atom. The number of nitrogens with zero attached hydrogens (tertiary/aromatic N) is 2. The maximum atomic E-state index is 13.6. The van der Waals surface area contributed by atoms with Gasteiger partial charge in [0.25, 0.3) is 0 Å². The molecule has 6 aromatic rings. The number of benzene rings is 5. The lowest BCUT2D eigenvalue weighted by Crippen LogP contribution is -2.39. The minimum atomic E-state index is -1.05. The van der Waals surface area contributed by atoms with Crippen molar-refractivity contribution < 1.29 is 24.2 Å². The van der Waals surface area contributed by atoms with Gasteiger partial charge in [-0.15, -0.1) is 0 Å². The summed E-state index contributed by atoms with van der Waals surface area (Å²) in [4.78, 5) is 42.8. The van der Waals surface area contributed by atoms with Crippen LogP contribution in [0, 0.1) is 5.92 Å². The molecular formula is C44H40N4O6. The molecule has 1 heterocycles. The molecule has 7 rings (SSSR count). The molecule has 5 aromatic carbocycles. The number of ether oxygens (including phenoxy) is 2. The fraction of sp³-hybridized carbons (Fsp3) is 0.182. The van der Waals surface area contributed by atoms with Crippen LogP contribution in [0.2, 0.25) is 0 Å². The second-order valence-electron chi connectivity index (χ2n) is 13.3. The van der Waals surface area contributed by atoms with Crippen molar-refractivity contribution in [1.29, 1.82) is 0 Å². The van der Waals surface area contributed by atoms with Crippen LogP contribution >= 0.6 is 0 Å². The van der Waals surface area contributed by atoms with Gasteiger partial charge in [0.2, 0.25) is 0 Å². The van der Waals surface area contributed by atoms with Gasteiger partial charge in [0, 0.05) is 31.1 Å². The highest BCUT2D eigenvalue weighted by molar-refractivity contribution is 5.79. The van der Waals surface area contributed by atoms with Crippen molar-refractivity contribution >= 4 is 17.9 Å². The Balaban J connectivity index is 1.08. The SMILES string of the molecule is COc1ccc(C(Nc2ccn(C[C@@H](CNC(=O)OCC3c4ccccc4-c4ccccc43)CC(=O)O)c(=O)n2)(c2ccccc2)c2ccccc2)cc1. The number of alkyl carbamates (subject to hydrolysis) is 1. The maximum absolute atomic E-state index is 13.6. The predicted octanol–water partition coefficient (Wildman–Crippen LogP) is 7.29. The molecule has 1 amide bonds. The molecule has 0 saturated heterocycles. The lowest BCUT2D eigenvalue weighted by molar-refractivity contribution is -0.138. The molecule has 1 aliphatic carbocycles. The number of aliphatic carboxylic acids is 1. The molecule has 0 fully saturated rings. The van der Waals surface area contributed by atoms with E-state index in [1.807, 2.05) is 121 Å². The number of carboxylic acid groups (broad SMARTS) is 1. The third-order valence-electron chi connectivity index (χ3n) is 9.92. The maximum Gasteiger partial charge on any atom is 0.407 e. The van der Waals surface area contributed by atoms with Crippen LogP contribution in [0.3, 0.4) is 0 Å². The Labute approximate surface area is 313 Å². The van der Waals surface area contributed by atoms with Crippen molar-refractivity contribution in [3.05, 3.63) is 184 Å². The highest BCUT2D eigenvalue weighted by Gasteiger charge is 2.37. The van der Waals surface area contributed by atoms with E-state index in [0.717, 1.165) is 38.9 Å². The van der Waals surface area contributed by atoms with Crippen LogP contribution in [0.4, 0.5) is 10.6 Å². The minimum absolute atomic E-state index is 0.0159. The number of hydrogen-bond acceptors (Lipinski definition) is 7. The third kappa shape index (κ3) is 7.45. The summed E-state index contributed by atoms with van der Waals surface area (Å²) in [7, 11) is 1.62. The second kappa shape index (κ2) is 15.9. The molecular weight excluding hydrogens is 681 g/mol. The van der Waals surface area contributed by atoms with Crippen molar-refractivity contribution in [2.75, 3.05) is 25.6 Å². The van der Waals surface area contributed by atoms with Gasteiger partial charge in [-0.1, -0.05) is 121 Å². The number of fused-ring (bicyclic) bond motifs is 3. The van der Waals surface area contributed by atoms with E-state index in [2.05, 4.69) is 27.8 Å². The molecule has 10 nitrogen and oxygen atoms in total. The summed E-state index contributed by atoms with van der Waals surface area (Å²) in [6, 6.07) is 45.4. The van der Waals surface area contributed by atoms with Crippen molar-refractivity contribution in [2.24, 2.45) is 5.92 Å². The molecule has 0 radical (unpaired) electrons. The lowest BCUT2D eigenvalue weighted by Gasteiger charge is -2.37. The standard InChI is InChI=1S/C44H40N4O6/c1-53-34-22-20-33(21-23-34)44(31-12-4-2-5-13-31,32-14-6-3-7-15-32)47-40-24-25-48(42(51)46-40)28-30(26-41(49)50)27-45-43(52)54-29-39-37-18-10-8-16-35(37)36-17-9-11-19-38(36)39/h2-25,30,39H,26-29H2,1H3,(H,45,52)(H,49,50)(H,46,47,51)/t30-/m1/s1. The molecule has 0 spiro atoms. The zero-order valence-corrected chi connectivity index (χ0v) is 29.7. The van der Waals surface area contributed by atoms with E-state index in [-0.39, 0.29) is 32.0 Å². The Kier molecular flexibility index (Phi) is 10.5. The Morgan fingerprint density at radius 1 is 0.778 bits per heavy atom. The molecule has 0 bridgehead atoms. The normalized spacial score (nSPS) is 12.6. The van der Waals surface area contributed by atoms with Crippen molar-refractivity contribution in [2.45, 2.75) is 24.4 Å². The first-order valence-corrected chi connectivity index (χ1v) is 17.8. The zero-order valence-electron chi connectivity index (χ0n) is 29.7. The largest absolute Gasteiger partial charge is 0.497 e. The number of anilines is 1. The number of hydrogen-bond donors (Lipinski definition) is 3. The number of methoxy groups -OCH3 is 1. The van der Waals surface area contributed by atoms with Gasteiger partial charge in [-0.25, -0.2) is 9.59 Å². The number of carbonyl (C=O) groups is 2. The lowest BCUT2D eigenvalue weighted by atomic mass is 9.77. The molecule has 1 atom stereocenters. The van der Waals surface area contributed by atoms with E-state index in [9.17, 15) is 19.5 Å². The van der Waals surface area contributed by atoms with Crippen LogP contribution in [-0.2, 0) is 21.6 Å². The van der Waals surface area contributed by atoms with Gasteiger partial charge in [-0.2, -0.15) is 4.98 Å². The van der Waals surface area contributed by atoms with E-state index in [1.165, 1.54) is 4.57 Å². The summed E-state index contributed by atoms with van der Waals surface area (Å²) < 4.78 is 12.5. The highest BCUT2D eigenvalue weighted by atomic mass is 16.5. The fourth-order valence-corrected chi connectivity index (χ4v) is 7.37. The minimum Gasteiger partial charge on any atom is -0.497 e. The van der Waals surface area contributed by atoms with E-state index >= 15 is 0 Å². The zero-order chi connectivity index (χ0) is 37.5. The molecule has 3 N–H and O–H groups in total. The van der Waals surface area contributed by atoms with Gasteiger partial charge in [0.1, 0.15) is 23.7 Å². The summed E-state index contributed by atoms with van der Waals surface area (Å²) >= 11 is 0. The number of aromatic nitrogens is 2. The molecule has 54 heavy (non-hydrogen) atoms. The van der Waals surface area contributed by atoms with Crippen LogP contribution in [-0.4, -0.2) is 47.0 Å². The Bertz CT molecular complexity index is 2210. The first kappa shape index (κ1) is 35.7. The van der Waals surface area contributed by atoms with Crippen molar-refractivity contribution in [1.82, 2.24) is 14.9 Å². The fourth-order valence-electron chi connectivity index (χ4n) is 7.37. The van der Waals surface area contributed by atoms with E-state index in [0.29, 0.717) is 11.6 Å². The number of nitrogens with one attached hydrogen (secondary N) is 2. The predicted molar refractivity (Wildman–Crippen MR) is 207 cm³/mol. The van der Waals surface area contributed by atoms with Gasteiger partial charge >= 0.3 is 17.8 Å². The van der Waals surface area contributed by atoms with Gasteiger partial charge in [0.05, 0.1) is 13.5 Å². The quantitative estimate of drug-likeness (QED) is 0.100. The summed E-state index contributed by atoms with van der Waals surface area (Å²) in [6.45, 7) is 0.131. The highest BCUT2D eigenvalue weighted by Crippen LogP contribution is 2.44. The third-order valence-corrected chi connectivity index (χ3v) is 9.92. The average molecular weight is 721 g/mol. The molecule has 0 aliphatic heterocycles. The smallest absolute Gasteiger partial charge is 0.407 e. The molecule has 0 unspecified atom stereocenters. The van der Waals surface area contributed by atoms with Crippen molar-refractivity contribution in [3.63, 3.8) is 0 Å². The van der Waals surface area contributed by atoms with E-state index in [4.69, 9.17) is 9.47 Å². The van der Waals surface area contributed by atoms with E-state index < -0.39 is 29.2 Å². The molecule has 1 aromatic heterocycles. The number of carboxylic acids is 1. The van der Waals surface area contributed by atoms with Crippen LogP contribution in [0.1, 0.15) is 40.2 Å². The van der Waals surface area contributed by atoms with Gasteiger partial charge in [0.15, 0.2) is 0 Å². The molecule has 0 saturated carbocycles. The number of rotatable bonds is 14. The first-order valence-electron chi connectivity index (χ1n) is 17.8. The van der Waals surface area contributed by atoms with Crippen LogP contribution < -0.4 is 21.1 Å². The Morgan fingerprint density at radius 2 is 1.33 bits per heavy atom. The topological polar surface area (TPSA) is 132 Å². The monoisotopic (exact) mass is 720 g/mol. The molecule has 1 aliphatic rings.